The van der Waals surface area contributed by atoms with Crippen LogP contribution in [0.2, 0.25) is 0 Å². The highest BCUT2D eigenvalue weighted by Gasteiger charge is 2.53. The number of hydrogen-bond donors (Lipinski definition) is 2. The Bertz CT molecular complexity index is 303. The van der Waals surface area contributed by atoms with Crippen LogP contribution in [0.3, 0.4) is 0 Å². The molecule has 0 aliphatic heterocycles. The lowest BCUT2D eigenvalue weighted by atomic mass is 9.86. The molecular formula is C12H19NO2. The van der Waals surface area contributed by atoms with E-state index in [2.05, 4.69) is 25.1 Å². The van der Waals surface area contributed by atoms with Crippen LogP contribution in [0, 0.1) is 23.7 Å². The van der Waals surface area contributed by atoms with E-state index in [4.69, 9.17) is 6.42 Å². The van der Waals surface area contributed by atoms with E-state index in [0.717, 1.165) is 6.42 Å². The maximum absolute atomic E-state index is 11.4. The summed E-state index contributed by atoms with van der Waals surface area (Å²) in [5.74, 6) is 1.78. The van der Waals surface area contributed by atoms with Crippen molar-refractivity contribution in [3.05, 3.63) is 0 Å². The Hall–Kier alpha value is -1.01. The molecule has 0 spiro atoms. The van der Waals surface area contributed by atoms with Crippen molar-refractivity contribution in [2.24, 2.45) is 11.3 Å². The molecule has 0 radical (unpaired) electrons. The molecule has 2 atom stereocenters. The van der Waals surface area contributed by atoms with Gasteiger partial charge in [0.05, 0.1) is 6.54 Å². The quantitative estimate of drug-likeness (QED) is 0.692. The highest BCUT2D eigenvalue weighted by molar-refractivity contribution is 5.80. The van der Waals surface area contributed by atoms with E-state index in [9.17, 15) is 9.90 Å². The molecule has 0 bridgehead atoms. The Morgan fingerprint density at radius 1 is 1.67 bits per heavy atom. The first-order valence-corrected chi connectivity index (χ1v) is 5.26. The van der Waals surface area contributed by atoms with Crippen LogP contribution in [-0.4, -0.2) is 23.2 Å². The van der Waals surface area contributed by atoms with Gasteiger partial charge < -0.3 is 5.11 Å². The molecule has 1 rings (SSSR count). The summed E-state index contributed by atoms with van der Waals surface area (Å²) in [4.78, 5) is 11.4. The minimum Gasteiger partial charge on any atom is -0.480 e. The van der Waals surface area contributed by atoms with E-state index < -0.39 is 11.5 Å². The Morgan fingerprint density at radius 3 is 2.60 bits per heavy atom. The summed E-state index contributed by atoms with van der Waals surface area (Å²) in [5, 5.41) is 12.4. The lowest BCUT2D eigenvalue weighted by Gasteiger charge is -2.30. The first-order valence-electron chi connectivity index (χ1n) is 5.26. The molecule has 15 heavy (non-hydrogen) atoms. The topological polar surface area (TPSA) is 49.3 Å². The van der Waals surface area contributed by atoms with Gasteiger partial charge in [0.25, 0.3) is 0 Å². The Kier molecular flexibility index (Phi) is 3.11. The average molecular weight is 209 g/mol. The maximum atomic E-state index is 11.4. The van der Waals surface area contributed by atoms with E-state index in [1.807, 2.05) is 6.92 Å². The fourth-order valence-corrected chi connectivity index (χ4v) is 2.81. The standard InChI is InChI=1S/C12H19NO2/c1-5-6-13-12(10(14)15)8-11(3,4)7-9(12)2/h1,9,13H,6-8H2,2-4H3,(H,14,15). The van der Waals surface area contributed by atoms with Crippen LogP contribution in [0.1, 0.15) is 33.6 Å². The molecule has 0 aromatic rings. The zero-order chi connectivity index (χ0) is 11.7. The molecule has 0 aromatic carbocycles. The second-order valence-corrected chi connectivity index (χ2v) is 5.28. The monoisotopic (exact) mass is 209 g/mol. The highest BCUT2D eigenvalue weighted by Crippen LogP contribution is 2.47. The predicted molar refractivity (Wildman–Crippen MR) is 59.4 cm³/mol. The van der Waals surface area contributed by atoms with Crippen molar-refractivity contribution in [2.75, 3.05) is 6.54 Å². The Morgan fingerprint density at radius 2 is 2.27 bits per heavy atom. The fourth-order valence-electron chi connectivity index (χ4n) is 2.81. The minimum atomic E-state index is -0.837. The van der Waals surface area contributed by atoms with Crippen LogP contribution in [-0.2, 0) is 4.79 Å². The molecule has 1 aliphatic rings. The number of rotatable bonds is 3. The second-order valence-electron chi connectivity index (χ2n) is 5.28. The molecular weight excluding hydrogens is 190 g/mol. The van der Waals surface area contributed by atoms with Gasteiger partial charge in [-0.3, -0.25) is 10.1 Å². The van der Waals surface area contributed by atoms with Gasteiger partial charge in [0.15, 0.2) is 0 Å². The Balaban J connectivity index is 2.93. The predicted octanol–water partition coefficient (Wildman–Crippen LogP) is 1.49. The maximum Gasteiger partial charge on any atom is 0.324 e. The van der Waals surface area contributed by atoms with Crippen molar-refractivity contribution in [3.8, 4) is 12.3 Å². The van der Waals surface area contributed by atoms with E-state index in [0.29, 0.717) is 13.0 Å². The van der Waals surface area contributed by atoms with Crippen molar-refractivity contribution in [3.63, 3.8) is 0 Å². The molecule has 3 heteroatoms. The first kappa shape index (κ1) is 12.1. The highest BCUT2D eigenvalue weighted by atomic mass is 16.4. The largest absolute Gasteiger partial charge is 0.480 e. The third-order valence-corrected chi connectivity index (χ3v) is 3.34. The van der Waals surface area contributed by atoms with Gasteiger partial charge in [-0.15, -0.1) is 6.42 Å². The Labute approximate surface area is 91.3 Å². The normalized spacial score (nSPS) is 33.6. The zero-order valence-electron chi connectivity index (χ0n) is 9.63. The molecule has 0 saturated heterocycles. The van der Waals surface area contributed by atoms with E-state index in [1.165, 1.54) is 0 Å². The lowest BCUT2D eigenvalue weighted by Crippen LogP contribution is -2.54. The number of carboxylic acids is 1. The SMILES string of the molecule is C#CCNC1(C(=O)O)CC(C)(C)CC1C. The summed E-state index contributed by atoms with van der Waals surface area (Å²) in [5.41, 5.74) is -0.769. The van der Waals surface area contributed by atoms with Crippen LogP contribution >= 0.6 is 0 Å². The molecule has 2 N–H and O–H groups in total. The summed E-state index contributed by atoms with van der Waals surface area (Å²) in [6.07, 6.45) is 6.72. The molecule has 1 aliphatic carbocycles. The van der Waals surface area contributed by atoms with Gasteiger partial charge in [-0.2, -0.15) is 0 Å². The lowest BCUT2D eigenvalue weighted by molar-refractivity contribution is -0.146. The van der Waals surface area contributed by atoms with Crippen LogP contribution in [0.15, 0.2) is 0 Å². The fraction of sp³-hybridized carbons (Fsp3) is 0.750. The van der Waals surface area contributed by atoms with Gasteiger partial charge in [0, 0.05) is 0 Å². The summed E-state index contributed by atoms with van der Waals surface area (Å²) in [6, 6.07) is 0. The molecule has 84 valence electrons. The summed E-state index contributed by atoms with van der Waals surface area (Å²) in [7, 11) is 0. The van der Waals surface area contributed by atoms with Gasteiger partial charge in [-0.05, 0) is 24.2 Å². The molecule has 1 saturated carbocycles. The van der Waals surface area contributed by atoms with E-state index in [1.54, 1.807) is 0 Å². The molecule has 0 aromatic heterocycles. The van der Waals surface area contributed by atoms with Crippen molar-refractivity contribution >= 4 is 5.97 Å². The number of nitrogens with one attached hydrogen (secondary N) is 1. The van der Waals surface area contributed by atoms with Crippen LogP contribution in [0.25, 0.3) is 0 Å². The number of carboxylic acid groups (broad SMARTS) is 1. The van der Waals surface area contributed by atoms with Crippen molar-refractivity contribution in [1.82, 2.24) is 5.32 Å². The summed E-state index contributed by atoms with van der Waals surface area (Å²) < 4.78 is 0. The van der Waals surface area contributed by atoms with Gasteiger partial charge in [0.1, 0.15) is 5.54 Å². The van der Waals surface area contributed by atoms with Gasteiger partial charge >= 0.3 is 5.97 Å². The number of carbonyl (C=O) groups is 1. The van der Waals surface area contributed by atoms with E-state index >= 15 is 0 Å². The second kappa shape index (κ2) is 3.86. The zero-order valence-corrected chi connectivity index (χ0v) is 9.63. The number of hydrogen-bond acceptors (Lipinski definition) is 2. The smallest absolute Gasteiger partial charge is 0.324 e. The summed E-state index contributed by atoms with van der Waals surface area (Å²) >= 11 is 0. The minimum absolute atomic E-state index is 0.0689. The van der Waals surface area contributed by atoms with Gasteiger partial charge in [0.2, 0.25) is 0 Å². The average Bonchev–Trinajstić information content (AvgIpc) is 2.33. The number of terminal acetylenes is 1. The van der Waals surface area contributed by atoms with Crippen LogP contribution in [0.4, 0.5) is 0 Å². The molecule has 2 unspecified atom stereocenters. The first-order chi connectivity index (χ1) is 6.84. The third kappa shape index (κ3) is 2.15. The summed E-state index contributed by atoms with van der Waals surface area (Å²) in [6.45, 7) is 6.50. The molecule has 0 amide bonds. The molecule has 3 nitrogen and oxygen atoms in total. The van der Waals surface area contributed by atoms with Gasteiger partial charge in [-0.1, -0.05) is 26.7 Å². The van der Waals surface area contributed by atoms with Crippen molar-refractivity contribution in [1.29, 1.82) is 0 Å². The van der Waals surface area contributed by atoms with Crippen molar-refractivity contribution in [2.45, 2.75) is 39.2 Å². The molecule has 1 fully saturated rings. The van der Waals surface area contributed by atoms with Crippen LogP contribution in [0.5, 0.6) is 0 Å². The van der Waals surface area contributed by atoms with Crippen LogP contribution < -0.4 is 5.32 Å². The number of aliphatic carboxylic acids is 1. The van der Waals surface area contributed by atoms with E-state index in [-0.39, 0.29) is 11.3 Å². The van der Waals surface area contributed by atoms with Gasteiger partial charge in [-0.25, -0.2) is 0 Å². The van der Waals surface area contributed by atoms with Crippen molar-refractivity contribution < 1.29 is 9.90 Å². The third-order valence-electron chi connectivity index (χ3n) is 3.34. The molecule has 0 heterocycles.